The smallest absolute Gasteiger partial charge is 0.271 e. The molecule has 6 nitrogen and oxygen atoms in total. The van der Waals surface area contributed by atoms with Crippen LogP contribution in [0.5, 0.6) is 0 Å². The summed E-state index contributed by atoms with van der Waals surface area (Å²) in [7, 11) is 0. The highest BCUT2D eigenvalue weighted by molar-refractivity contribution is 9.10. The van der Waals surface area contributed by atoms with Crippen LogP contribution in [-0.2, 0) is 0 Å². The van der Waals surface area contributed by atoms with Crippen molar-refractivity contribution < 1.29 is 4.79 Å². The number of carbonyl (C=O) groups is 1. The van der Waals surface area contributed by atoms with E-state index in [2.05, 4.69) is 42.0 Å². The zero-order valence-corrected chi connectivity index (χ0v) is 11.2. The minimum atomic E-state index is -0.333. The molecule has 0 aliphatic heterocycles. The van der Waals surface area contributed by atoms with E-state index in [0.29, 0.717) is 11.4 Å². The summed E-state index contributed by atoms with van der Waals surface area (Å²) in [6, 6.07) is 4.80. The number of aromatic nitrogens is 3. The number of amides is 1. The average Bonchev–Trinajstić information content (AvgIpc) is 2.38. The molecule has 0 spiro atoms. The number of hydrogen-bond donors (Lipinski definition) is 2. The number of carbonyl (C=O) groups excluding carboxylic acids is 1. The van der Waals surface area contributed by atoms with E-state index in [9.17, 15) is 4.79 Å². The molecule has 2 N–H and O–H groups in total. The van der Waals surface area contributed by atoms with Crippen LogP contribution in [0.4, 0.5) is 5.82 Å². The molecular formula is C10H7BrClN5O. The van der Waals surface area contributed by atoms with E-state index in [1.165, 1.54) is 6.20 Å². The molecule has 0 radical (unpaired) electrons. The number of halogens is 2. The van der Waals surface area contributed by atoms with Gasteiger partial charge in [0.15, 0.2) is 11.0 Å². The van der Waals surface area contributed by atoms with Crippen molar-refractivity contribution in [1.82, 2.24) is 20.6 Å². The summed E-state index contributed by atoms with van der Waals surface area (Å²) in [4.78, 5) is 15.6. The monoisotopic (exact) mass is 327 g/mol. The van der Waals surface area contributed by atoms with Crippen LogP contribution < -0.4 is 10.9 Å². The molecule has 2 heterocycles. The molecule has 2 rings (SSSR count). The molecule has 0 atom stereocenters. The minimum absolute atomic E-state index is 0.281. The lowest BCUT2D eigenvalue weighted by Crippen LogP contribution is -2.30. The van der Waals surface area contributed by atoms with E-state index in [4.69, 9.17) is 11.6 Å². The summed E-state index contributed by atoms with van der Waals surface area (Å²) in [6.07, 6.45) is 3.05. The van der Waals surface area contributed by atoms with Crippen LogP contribution >= 0.6 is 27.5 Å². The molecule has 0 aromatic carbocycles. The van der Waals surface area contributed by atoms with Crippen molar-refractivity contribution in [2.75, 3.05) is 5.43 Å². The summed E-state index contributed by atoms with van der Waals surface area (Å²) in [5.74, 6) is 0.0521. The number of nitrogens with one attached hydrogen (secondary N) is 2. The van der Waals surface area contributed by atoms with Crippen LogP contribution in [0.3, 0.4) is 0 Å². The van der Waals surface area contributed by atoms with Gasteiger partial charge in [-0.15, -0.1) is 10.2 Å². The first-order valence-corrected chi connectivity index (χ1v) is 5.98. The third-order valence-electron chi connectivity index (χ3n) is 1.90. The van der Waals surface area contributed by atoms with Gasteiger partial charge in [0, 0.05) is 16.9 Å². The number of anilines is 1. The normalized spacial score (nSPS) is 9.89. The Balaban J connectivity index is 1.98. The quantitative estimate of drug-likeness (QED) is 0.843. The molecule has 0 saturated heterocycles. The van der Waals surface area contributed by atoms with Gasteiger partial charge in [-0.3, -0.25) is 20.6 Å². The third kappa shape index (κ3) is 3.38. The zero-order chi connectivity index (χ0) is 13.0. The molecule has 0 aliphatic carbocycles. The van der Waals surface area contributed by atoms with Crippen LogP contribution in [0.15, 0.2) is 35.1 Å². The number of pyridine rings is 1. The van der Waals surface area contributed by atoms with Crippen molar-refractivity contribution in [3.8, 4) is 0 Å². The SMILES string of the molecule is O=C(NNc1ccc(Cl)nn1)c1cncc(Br)c1. The summed E-state index contributed by atoms with van der Waals surface area (Å²) >= 11 is 8.82. The molecular weight excluding hydrogens is 322 g/mol. The fourth-order valence-electron chi connectivity index (χ4n) is 1.11. The van der Waals surface area contributed by atoms with E-state index in [1.54, 1.807) is 24.4 Å². The van der Waals surface area contributed by atoms with Crippen molar-refractivity contribution >= 4 is 39.3 Å². The number of nitrogens with zero attached hydrogens (tertiary/aromatic N) is 3. The lowest BCUT2D eigenvalue weighted by atomic mass is 10.3. The second kappa shape index (κ2) is 5.74. The first kappa shape index (κ1) is 12.7. The highest BCUT2D eigenvalue weighted by atomic mass is 79.9. The maximum Gasteiger partial charge on any atom is 0.271 e. The zero-order valence-electron chi connectivity index (χ0n) is 8.89. The molecule has 8 heteroatoms. The summed E-state index contributed by atoms with van der Waals surface area (Å²) in [5.41, 5.74) is 5.50. The number of hydrazine groups is 1. The Morgan fingerprint density at radius 1 is 1.28 bits per heavy atom. The maximum absolute atomic E-state index is 11.7. The first-order valence-electron chi connectivity index (χ1n) is 4.81. The standard InChI is InChI=1S/C10H7BrClN5O/c11-7-3-6(4-13-5-7)10(18)17-16-9-2-1-8(12)14-15-9/h1-5H,(H,15,16)(H,17,18). The largest absolute Gasteiger partial charge is 0.280 e. The Morgan fingerprint density at radius 3 is 2.78 bits per heavy atom. The Morgan fingerprint density at radius 2 is 2.11 bits per heavy atom. The van der Waals surface area contributed by atoms with Gasteiger partial charge in [-0.05, 0) is 34.1 Å². The van der Waals surface area contributed by atoms with Crippen molar-refractivity contribution in [2.45, 2.75) is 0 Å². The predicted molar refractivity (Wildman–Crippen MR) is 70.1 cm³/mol. The Hall–Kier alpha value is -1.73. The van der Waals surface area contributed by atoms with Gasteiger partial charge >= 0.3 is 0 Å². The third-order valence-corrected chi connectivity index (χ3v) is 2.54. The van der Waals surface area contributed by atoms with Crippen molar-refractivity contribution in [3.05, 3.63) is 45.8 Å². The van der Waals surface area contributed by atoms with Crippen LogP contribution in [0.2, 0.25) is 5.15 Å². The van der Waals surface area contributed by atoms with E-state index < -0.39 is 0 Å². The van der Waals surface area contributed by atoms with Crippen molar-refractivity contribution in [2.24, 2.45) is 0 Å². The molecule has 0 bridgehead atoms. The Labute approximate surface area is 116 Å². The van der Waals surface area contributed by atoms with Gasteiger partial charge in [-0.2, -0.15) is 0 Å². The molecule has 18 heavy (non-hydrogen) atoms. The fraction of sp³-hybridized carbons (Fsp3) is 0. The lowest BCUT2D eigenvalue weighted by Gasteiger charge is -2.06. The molecule has 2 aromatic heterocycles. The molecule has 0 aliphatic rings. The molecule has 92 valence electrons. The first-order chi connectivity index (χ1) is 8.65. The van der Waals surface area contributed by atoms with Gasteiger partial charge in [-0.25, -0.2) is 0 Å². The summed E-state index contributed by atoms with van der Waals surface area (Å²) in [6.45, 7) is 0. The topological polar surface area (TPSA) is 79.8 Å². The second-order valence-corrected chi connectivity index (χ2v) is 4.52. The van der Waals surface area contributed by atoms with Gasteiger partial charge in [0.2, 0.25) is 0 Å². The number of rotatable bonds is 3. The second-order valence-electron chi connectivity index (χ2n) is 3.21. The van der Waals surface area contributed by atoms with Gasteiger partial charge in [0.1, 0.15) is 0 Å². The van der Waals surface area contributed by atoms with E-state index in [0.717, 1.165) is 4.47 Å². The van der Waals surface area contributed by atoms with Crippen LogP contribution in [0.25, 0.3) is 0 Å². The van der Waals surface area contributed by atoms with Crippen LogP contribution in [0, 0.1) is 0 Å². The molecule has 0 saturated carbocycles. The average molecular weight is 329 g/mol. The highest BCUT2D eigenvalue weighted by Crippen LogP contribution is 2.09. The highest BCUT2D eigenvalue weighted by Gasteiger charge is 2.06. The van der Waals surface area contributed by atoms with Gasteiger partial charge in [-0.1, -0.05) is 11.6 Å². The Kier molecular flexibility index (Phi) is 4.06. The molecule has 1 amide bonds. The molecule has 0 fully saturated rings. The van der Waals surface area contributed by atoms with Gasteiger partial charge in [0.05, 0.1) is 5.56 Å². The lowest BCUT2D eigenvalue weighted by molar-refractivity contribution is 0.0962. The van der Waals surface area contributed by atoms with E-state index in [-0.39, 0.29) is 11.1 Å². The summed E-state index contributed by atoms with van der Waals surface area (Å²) < 4.78 is 0.724. The molecule has 0 unspecified atom stereocenters. The number of hydrogen-bond acceptors (Lipinski definition) is 5. The molecule has 2 aromatic rings. The predicted octanol–water partition coefficient (Wildman–Crippen LogP) is 2.04. The fourth-order valence-corrected chi connectivity index (χ4v) is 1.58. The van der Waals surface area contributed by atoms with Crippen LogP contribution in [0.1, 0.15) is 10.4 Å². The van der Waals surface area contributed by atoms with E-state index in [1.807, 2.05) is 0 Å². The van der Waals surface area contributed by atoms with Crippen molar-refractivity contribution in [3.63, 3.8) is 0 Å². The minimum Gasteiger partial charge on any atom is -0.280 e. The van der Waals surface area contributed by atoms with E-state index >= 15 is 0 Å². The van der Waals surface area contributed by atoms with Crippen LogP contribution in [-0.4, -0.2) is 21.1 Å². The van der Waals surface area contributed by atoms with Crippen molar-refractivity contribution in [1.29, 1.82) is 0 Å². The van der Waals surface area contributed by atoms with Gasteiger partial charge in [0.25, 0.3) is 5.91 Å². The summed E-state index contributed by atoms with van der Waals surface area (Å²) in [5, 5.41) is 7.64. The Bertz CT molecular complexity index is 562. The van der Waals surface area contributed by atoms with Gasteiger partial charge < -0.3 is 0 Å². The maximum atomic E-state index is 11.7.